The summed E-state index contributed by atoms with van der Waals surface area (Å²) in [5.41, 5.74) is 0. The van der Waals surface area contributed by atoms with Crippen molar-refractivity contribution < 1.29 is 19.1 Å². The van der Waals surface area contributed by atoms with E-state index in [0.717, 1.165) is 0 Å². The second kappa shape index (κ2) is 5.31. The molecule has 0 aliphatic carbocycles. The number of methoxy groups -OCH3 is 2. The third-order valence-electron chi connectivity index (χ3n) is 0.922. The fraction of sp³-hybridized carbons (Fsp3) is 0.333. The van der Waals surface area contributed by atoms with Gasteiger partial charge in [-0.05, 0) is 31.9 Å². The molecule has 0 rings (SSSR count). The summed E-state index contributed by atoms with van der Waals surface area (Å²) in [5.74, 6) is -1.29. The maximum Gasteiger partial charge on any atom is 0.346 e. The van der Waals surface area contributed by atoms with E-state index in [0.29, 0.717) is 0 Å². The lowest BCUT2D eigenvalue weighted by atomic mass is 10.5. The fourth-order valence-electron chi connectivity index (χ4n) is 0.358. The molecule has 0 heterocycles. The number of ether oxygens (including phenoxy) is 2. The van der Waals surface area contributed by atoms with Crippen LogP contribution in [0.4, 0.5) is 0 Å². The van der Waals surface area contributed by atoms with Crippen LogP contribution in [0.2, 0.25) is 0 Å². The zero-order chi connectivity index (χ0) is 9.72. The molecule has 0 saturated carbocycles. The first-order valence-corrected chi connectivity index (χ1v) is 4.35. The predicted molar refractivity (Wildman–Crippen MR) is 48.9 cm³/mol. The Morgan fingerprint density at radius 3 is 1.33 bits per heavy atom. The van der Waals surface area contributed by atoms with Gasteiger partial charge in [0.25, 0.3) is 0 Å². The SMILES string of the molecule is COC(=O)/C(Br)=C(/Br)C(=O)OC. The van der Waals surface area contributed by atoms with Gasteiger partial charge >= 0.3 is 11.9 Å². The van der Waals surface area contributed by atoms with Crippen molar-refractivity contribution >= 4 is 43.8 Å². The van der Waals surface area contributed by atoms with Gasteiger partial charge in [-0.3, -0.25) is 0 Å². The van der Waals surface area contributed by atoms with Crippen molar-refractivity contribution in [3.63, 3.8) is 0 Å². The third-order valence-corrected chi connectivity index (χ3v) is 2.89. The molecule has 6 heteroatoms. The van der Waals surface area contributed by atoms with Gasteiger partial charge < -0.3 is 9.47 Å². The predicted octanol–water partition coefficient (Wildman–Crippen LogP) is 1.33. The summed E-state index contributed by atoms with van der Waals surface area (Å²) < 4.78 is 8.69. The highest BCUT2D eigenvalue weighted by atomic mass is 79.9. The number of rotatable bonds is 2. The van der Waals surface area contributed by atoms with Crippen LogP contribution in [0.1, 0.15) is 0 Å². The fourth-order valence-corrected chi connectivity index (χ4v) is 1.01. The highest BCUT2D eigenvalue weighted by molar-refractivity contribution is 9.14. The molecular formula is C6H6Br2O4. The molecule has 0 aromatic heterocycles. The summed E-state index contributed by atoms with van der Waals surface area (Å²) in [5, 5.41) is 0. The van der Waals surface area contributed by atoms with Crippen molar-refractivity contribution in [3.05, 3.63) is 8.96 Å². The van der Waals surface area contributed by atoms with Crippen molar-refractivity contribution in [2.45, 2.75) is 0 Å². The lowest BCUT2D eigenvalue weighted by molar-refractivity contribution is -0.138. The van der Waals surface area contributed by atoms with Crippen LogP contribution in [-0.4, -0.2) is 26.2 Å². The van der Waals surface area contributed by atoms with Crippen molar-refractivity contribution in [3.8, 4) is 0 Å². The molecule has 0 saturated heterocycles. The Morgan fingerprint density at radius 2 is 1.17 bits per heavy atom. The topological polar surface area (TPSA) is 52.6 Å². The Balaban J connectivity index is 4.68. The Morgan fingerprint density at radius 1 is 0.917 bits per heavy atom. The molecule has 0 spiro atoms. The van der Waals surface area contributed by atoms with Crippen molar-refractivity contribution in [2.24, 2.45) is 0 Å². The lowest BCUT2D eigenvalue weighted by Gasteiger charge is -2.00. The molecule has 0 unspecified atom stereocenters. The van der Waals surface area contributed by atoms with Crippen LogP contribution in [-0.2, 0) is 19.1 Å². The number of halogens is 2. The van der Waals surface area contributed by atoms with Crippen LogP contribution in [0.25, 0.3) is 0 Å². The van der Waals surface area contributed by atoms with E-state index in [-0.39, 0.29) is 8.96 Å². The first-order valence-electron chi connectivity index (χ1n) is 2.76. The molecular weight excluding hydrogens is 296 g/mol. The average Bonchev–Trinajstić information content (AvgIpc) is 2.12. The summed E-state index contributed by atoms with van der Waals surface area (Å²) in [6.07, 6.45) is 0. The van der Waals surface area contributed by atoms with Gasteiger partial charge in [0.05, 0.1) is 14.2 Å². The van der Waals surface area contributed by atoms with Gasteiger partial charge in [0.15, 0.2) is 0 Å². The molecule has 0 aliphatic heterocycles. The lowest BCUT2D eigenvalue weighted by Crippen LogP contribution is -2.07. The summed E-state index contributed by atoms with van der Waals surface area (Å²) in [6, 6.07) is 0. The largest absolute Gasteiger partial charge is 0.465 e. The molecule has 0 bridgehead atoms. The quantitative estimate of drug-likeness (QED) is 0.570. The highest BCUT2D eigenvalue weighted by Gasteiger charge is 2.17. The molecule has 12 heavy (non-hydrogen) atoms. The van der Waals surface area contributed by atoms with E-state index in [9.17, 15) is 9.59 Å². The number of carbonyl (C=O) groups is 2. The number of hydrogen-bond donors (Lipinski definition) is 0. The molecule has 0 aliphatic rings. The van der Waals surface area contributed by atoms with Gasteiger partial charge in [-0.1, -0.05) is 0 Å². The first-order chi connectivity index (χ1) is 5.54. The van der Waals surface area contributed by atoms with Gasteiger partial charge in [0.1, 0.15) is 8.96 Å². The molecule has 0 amide bonds. The first kappa shape index (κ1) is 11.6. The summed E-state index contributed by atoms with van der Waals surface area (Å²) in [4.78, 5) is 21.6. The van der Waals surface area contributed by atoms with E-state index in [1.165, 1.54) is 14.2 Å². The third kappa shape index (κ3) is 2.94. The van der Waals surface area contributed by atoms with Crippen LogP contribution < -0.4 is 0 Å². The van der Waals surface area contributed by atoms with E-state index < -0.39 is 11.9 Å². The summed E-state index contributed by atoms with van der Waals surface area (Å²) >= 11 is 5.74. The maximum absolute atomic E-state index is 10.8. The average molecular weight is 302 g/mol. The molecule has 0 N–H and O–H groups in total. The molecule has 68 valence electrons. The van der Waals surface area contributed by atoms with E-state index in [4.69, 9.17) is 0 Å². The van der Waals surface area contributed by atoms with Crippen LogP contribution in [0.5, 0.6) is 0 Å². The minimum absolute atomic E-state index is 0.00292. The Hall–Kier alpha value is -0.360. The van der Waals surface area contributed by atoms with Gasteiger partial charge in [-0.25, -0.2) is 9.59 Å². The smallest absolute Gasteiger partial charge is 0.346 e. The Bertz CT molecular complexity index is 210. The molecule has 0 aromatic carbocycles. The normalized spacial score (nSPS) is 11.7. The molecule has 0 radical (unpaired) electrons. The minimum Gasteiger partial charge on any atom is -0.465 e. The van der Waals surface area contributed by atoms with Crippen molar-refractivity contribution in [1.82, 2.24) is 0 Å². The monoisotopic (exact) mass is 300 g/mol. The number of hydrogen-bond acceptors (Lipinski definition) is 4. The van der Waals surface area contributed by atoms with E-state index in [1.54, 1.807) is 0 Å². The van der Waals surface area contributed by atoms with E-state index in [1.807, 2.05) is 0 Å². The minimum atomic E-state index is -0.646. The Kier molecular flexibility index (Phi) is 5.16. The standard InChI is InChI=1S/C6H6Br2O4/c1-11-5(9)3(7)4(8)6(10)12-2/h1-2H3/b4-3-. The summed E-state index contributed by atoms with van der Waals surface area (Å²) in [7, 11) is 2.42. The zero-order valence-electron chi connectivity index (χ0n) is 6.39. The Labute approximate surface area is 86.2 Å². The van der Waals surface area contributed by atoms with Gasteiger partial charge in [0.2, 0.25) is 0 Å². The second-order valence-corrected chi connectivity index (χ2v) is 3.20. The second-order valence-electron chi connectivity index (χ2n) is 1.61. The van der Waals surface area contributed by atoms with Crippen LogP contribution in [0.15, 0.2) is 8.96 Å². The molecule has 4 nitrogen and oxygen atoms in total. The van der Waals surface area contributed by atoms with Gasteiger partial charge in [-0.15, -0.1) is 0 Å². The van der Waals surface area contributed by atoms with Crippen LogP contribution in [0, 0.1) is 0 Å². The molecule has 0 fully saturated rings. The van der Waals surface area contributed by atoms with Gasteiger partial charge in [0, 0.05) is 0 Å². The molecule has 0 atom stereocenters. The highest BCUT2D eigenvalue weighted by Crippen LogP contribution is 2.20. The van der Waals surface area contributed by atoms with Crippen LogP contribution in [0.3, 0.4) is 0 Å². The number of carbonyl (C=O) groups excluding carboxylic acids is 2. The molecule has 0 aromatic rings. The van der Waals surface area contributed by atoms with Gasteiger partial charge in [-0.2, -0.15) is 0 Å². The zero-order valence-corrected chi connectivity index (χ0v) is 9.56. The van der Waals surface area contributed by atoms with Crippen LogP contribution >= 0.6 is 31.9 Å². The summed E-state index contributed by atoms with van der Waals surface area (Å²) in [6.45, 7) is 0. The maximum atomic E-state index is 10.8. The van der Waals surface area contributed by atoms with E-state index >= 15 is 0 Å². The van der Waals surface area contributed by atoms with E-state index in [2.05, 4.69) is 41.3 Å². The number of esters is 2. The van der Waals surface area contributed by atoms with Crippen molar-refractivity contribution in [2.75, 3.05) is 14.2 Å². The van der Waals surface area contributed by atoms with Crippen molar-refractivity contribution in [1.29, 1.82) is 0 Å².